The third-order valence-electron chi connectivity index (χ3n) is 1.86. The highest BCUT2D eigenvalue weighted by Crippen LogP contribution is 2.25. The second-order valence-corrected chi connectivity index (χ2v) is 3.15. The van der Waals surface area contributed by atoms with E-state index in [-0.39, 0.29) is 17.6 Å². The number of carbonyl (C=O) groups is 1. The Kier molecular flexibility index (Phi) is 3.81. The topological polar surface area (TPSA) is 98.3 Å². The van der Waals surface area contributed by atoms with Crippen molar-refractivity contribution in [3.8, 4) is 5.88 Å². The molecular formula is C8H10ClN3O3. The van der Waals surface area contributed by atoms with Gasteiger partial charge >= 0.3 is 5.97 Å². The first-order valence-electron chi connectivity index (χ1n) is 4.10. The van der Waals surface area contributed by atoms with E-state index >= 15 is 0 Å². The van der Waals surface area contributed by atoms with Crippen molar-refractivity contribution < 1.29 is 14.6 Å². The molecule has 0 saturated carbocycles. The molecule has 3 N–H and O–H groups in total. The van der Waals surface area contributed by atoms with Crippen LogP contribution < -0.4 is 10.5 Å². The van der Waals surface area contributed by atoms with E-state index in [0.29, 0.717) is 5.56 Å². The molecule has 1 aromatic rings. The number of ether oxygens (including phenoxy) is 1. The molecule has 1 aromatic heterocycles. The predicted octanol–water partition coefficient (Wildman–Crippen LogP) is 0.266. The van der Waals surface area contributed by atoms with Gasteiger partial charge in [0.1, 0.15) is 0 Å². The molecule has 6 nitrogen and oxygen atoms in total. The largest absolute Gasteiger partial charge is 0.481 e. The summed E-state index contributed by atoms with van der Waals surface area (Å²) in [7, 11) is 1.37. The molecule has 15 heavy (non-hydrogen) atoms. The Bertz CT molecular complexity index is 372. The summed E-state index contributed by atoms with van der Waals surface area (Å²) in [6.45, 7) is -0.0618. The number of hydrogen-bond donors (Lipinski definition) is 2. The highest BCUT2D eigenvalue weighted by Gasteiger charge is 2.23. The van der Waals surface area contributed by atoms with Crippen molar-refractivity contribution in [2.75, 3.05) is 13.7 Å². The Hall–Kier alpha value is -1.40. The van der Waals surface area contributed by atoms with Gasteiger partial charge in [-0.2, -0.15) is 0 Å². The van der Waals surface area contributed by atoms with E-state index in [1.165, 1.54) is 13.2 Å². The molecule has 7 heteroatoms. The lowest BCUT2D eigenvalue weighted by Crippen LogP contribution is -2.22. The van der Waals surface area contributed by atoms with E-state index in [2.05, 4.69) is 10.2 Å². The van der Waals surface area contributed by atoms with Crippen molar-refractivity contribution in [2.24, 2.45) is 5.73 Å². The zero-order chi connectivity index (χ0) is 11.4. The van der Waals surface area contributed by atoms with Crippen LogP contribution in [0.25, 0.3) is 0 Å². The van der Waals surface area contributed by atoms with Crippen LogP contribution in [0.5, 0.6) is 5.88 Å². The lowest BCUT2D eigenvalue weighted by atomic mass is 10.0. The van der Waals surface area contributed by atoms with Gasteiger partial charge in [-0.05, 0) is 6.07 Å². The third-order valence-corrected chi connectivity index (χ3v) is 2.05. The summed E-state index contributed by atoms with van der Waals surface area (Å²) in [5.41, 5.74) is 5.68. The Morgan fingerprint density at radius 1 is 1.73 bits per heavy atom. The normalized spacial score (nSPS) is 12.2. The van der Waals surface area contributed by atoms with Crippen LogP contribution in [-0.2, 0) is 4.79 Å². The van der Waals surface area contributed by atoms with Gasteiger partial charge in [-0.25, -0.2) is 0 Å². The zero-order valence-corrected chi connectivity index (χ0v) is 8.73. The molecular weight excluding hydrogens is 222 g/mol. The predicted molar refractivity (Wildman–Crippen MR) is 53.0 cm³/mol. The summed E-state index contributed by atoms with van der Waals surface area (Å²) in [6.07, 6.45) is 0. The van der Waals surface area contributed by atoms with E-state index < -0.39 is 11.9 Å². The average Bonchev–Trinajstić information content (AvgIpc) is 2.18. The second kappa shape index (κ2) is 4.90. The Balaban J connectivity index is 3.19. The van der Waals surface area contributed by atoms with E-state index in [4.69, 9.17) is 27.2 Å². The maximum absolute atomic E-state index is 10.9. The summed E-state index contributed by atoms with van der Waals surface area (Å²) in [5, 5.41) is 16.2. The highest BCUT2D eigenvalue weighted by molar-refractivity contribution is 6.29. The van der Waals surface area contributed by atoms with Gasteiger partial charge in [0.15, 0.2) is 5.15 Å². The van der Waals surface area contributed by atoms with E-state index in [1.807, 2.05) is 0 Å². The number of carboxylic acids is 1. The molecule has 0 bridgehead atoms. The van der Waals surface area contributed by atoms with Crippen LogP contribution in [0.15, 0.2) is 6.07 Å². The SMILES string of the molecule is COc1nnc(Cl)cc1C(CN)C(=O)O. The molecule has 1 unspecified atom stereocenters. The summed E-state index contributed by atoms with van der Waals surface area (Å²) in [5.74, 6) is -1.83. The van der Waals surface area contributed by atoms with Crippen LogP contribution in [0.2, 0.25) is 5.15 Å². The van der Waals surface area contributed by atoms with E-state index in [9.17, 15) is 4.79 Å². The Morgan fingerprint density at radius 3 is 2.87 bits per heavy atom. The molecule has 0 saturated heterocycles. The molecule has 0 aliphatic heterocycles. The first-order valence-corrected chi connectivity index (χ1v) is 4.48. The van der Waals surface area contributed by atoms with Crippen LogP contribution in [-0.4, -0.2) is 34.9 Å². The molecule has 82 valence electrons. The molecule has 0 aliphatic carbocycles. The smallest absolute Gasteiger partial charge is 0.312 e. The minimum atomic E-state index is -1.06. The summed E-state index contributed by atoms with van der Waals surface area (Å²) < 4.78 is 4.88. The fraction of sp³-hybridized carbons (Fsp3) is 0.375. The van der Waals surface area contributed by atoms with Crippen LogP contribution in [0, 0.1) is 0 Å². The van der Waals surface area contributed by atoms with Gasteiger partial charge in [0, 0.05) is 12.1 Å². The van der Waals surface area contributed by atoms with Gasteiger partial charge in [-0.3, -0.25) is 4.79 Å². The third kappa shape index (κ3) is 2.54. The van der Waals surface area contributed by atoms with Gasteiger partial charge < -0.3 is 15.6 Å². The molecule has 1 atom stereocenters. The van der Waals surface area contributed by atoms with Gasteiger partial charge in [0.05, 0.1) is 13.0 Å². The van der Waals surface area contributed by atoms with E-state index in [1.54, 1.807) is 0 Å². The van der Waals surface area contributed by atoms with Crippen LogP contribution >= 0.6 is 11.6 Å². The lowest BCUT2D eigenvalue weighted by Gasteiger charge is -2.12. The number of aliphatic carboxylic acids is 1. The summed E-state index contributed by atoms with van der Waals surface area (Å²) in [4.78, 5) is 10.9. The quantitative estimate of drug-likeness (QED) is 0.772. The molecule has 0 spiro atoms. The number of nitrogens with two attached hydrogens (primary N) is 1. The Morgan fingerprint density at radius 2 is 2.40 bits per heavy atom. The summed E-state index contributed by atoms with van der Waals surface area (Å²) >= 11 is 5.62. The van der Waals surface area contributed by atoms with Crippen molar-refractivity contribution in [1.29, 1.82) is 0 Å². The number of methoxy groups -OCH3 is 1. The number of hydrogen-bond acceptors (Lipinski definition) is 5. The highest BCUT2D eigenvalue weighted by atomic mass is 35.5. The maximum Gasteiger partial charge on any atom is 0.312 e. The van der Waals surface area contributed by atoms with Crippen molar-refractivity contribution in [3.63, 3.8) is 0 Å². The number of carboxylic acid groups (broad SMARTS) is 1. The van der Waals surface area contributed by atoms with Gasteiger partial charge in [0.2, 0.25) is 5.88 Å². The van der Waals surface area contributed by atoms with Crippen LogP contribution in [0.1, 0.15) is 11.5 Å². The number of aromatic nitrogens is 2. The van der Waals surface area contributed by atoms with Crippen molar-refractivity contribution in [2.45, 2.75) is 5.92 Å². The molecule has 0 radical (unpaired) electrons. The van der Waals surface area contributed by atoms with Crippen molar-refractivity contribution in [1.82, 2.24) is 10.2 Å². The number of halogens is 1. The first-order chi connectivity index (χ1) is 7.10. The zero-order valence-electron chi connectivity index (χ0n) is 7.98. The molecule has 0 aromatic carbocycles. The standard InChI is InChI=1S/C8H10ClN3O3/c1-15-7-4(2-6(9)11-12-7)5(3-10)8(13)14/h2,5H,3,10H2,1H3,(H,13,14). The molecule has 0 aliphatic rings. The minimum absolute atomic E-state index is 0.0618. The maximum atomic E-state index is 10.9. The lowest BCUT2D eigenvalue weighted by molar-refractivity contribution is -0.138. The van der Waals surface area contributed by atoms with Crippen LogP contribution in [0.3, 0.4) is 0 Å². The molecule has 1 heterocycles. The van der Waals surface area contributed by atoms with Crippen molar-refractivity contribution in [3.05, 3.63) is 16.8 Å². The van der Waals surface area contributed by atoms with Gasteiger partial charge in [0.25, 0.3) is 0 Å². The van der Waals surface area contributed by atoms with Crippen LogP contribution in [0.4, 0.5) is 0 Å². The molecule has 1 rings (SSSR count). The monoisotopic (exact) mass is 231 g/mol. The fourth-order valence-electron chi connectivity index (χ4n) is 1.14. The Labute approximate surface area is 91.0 Å². The molecule has 0 fully saturated rings. The van der Waals surface area contributed by atoms with Gasteiger partial charge in [-0.1, -0.05) is 11.6 Å². The number of rotatable bonds is 4. The number of nitrogens with zero attached hydrogens (tertiary/aromatic N) is 2. The van der Waals surface area contributed by atoms with Crippen molar-refractivity contribution >= 4 is 17.6 Å². The van der Waals surface area contributed by atoms with E-state index in [0.717, 1.165) is 0 Å². The molecule has 0 amide bonds. The minimum Gasteiger partial charge on any atom is -0.481 e. The van der Waals surface area contributed by atoms with Gasteiger partial charge in [-0.15, -0.1) is 10.2 Å². The second-order valence-electron chi connectivity index (χ2n) is 2.76. The summed E-state index contributed by atoms with van der Waals surface area (Å²) in [6, 6.07) is 1.39. The fourth-order valence-corrected chi connectivity index (χ4v) is 1.29. The average molecular weight is 232 g/mol. The first kappa shape index (κ1) is 11.7.